The van der Waals surface area contributed by atoms with Crippen LogP contribution in [0, 0.1) is 12.7 Å². The van der Waals surface area contributed by atoms with Gasteiger partial charge in [-0.3, -0.25) is 14.4 Å². The first-order valence-electron chi connectivity index (χ1n) is 16.4. The van der Waals surface area contributed by atoms with E-state index in [0.29, 0.717) is 49.6 Å². The number of para-hydroxylation sites is 2. The van der Waals surface area contributed by atoms with Crippen molar-refractivity contribution >= 4 is 34.5 Å². The van der Waals surface area contributed by atoms with Crippen LogP contribution < -0.4 is 25.7 Å². The second-order valence-corrected chi connectivity index (χ2v) is 12.6. The number of carbonyl (C=O) groups excluding carboxylic acids is 2. The van der Waals surface area contributed by atoms with Crippen LogP contribution >= 0.6 is 0 Å². The average Bonchev–Trinajstić information content (AvgIpc) is 3.82. The van der Waals surface area contributed by atoms with Crippen molar-refractivity contribution in [3.05, 3.63) is 87.2 Å². The van der Waals surface area contributed by atoms with Crippen molar-refractivity contribution in [2.45, 2.75) is 45.6 Å². The Morgan fingerprint density at radius 2 is 1.98 bits per heavy atom. The summed E-state index contributed by atoms with van der Waals surface area (Å²) in [6.45, 7) is 7.95. The summed E-state index contributed by atoms with van der Waals surface area (Å²) in [6.07, 6.45) is 10.5. The molecule has 3 aliphatic heterocycles. The molecular formula is C36H39FN6O4. The number of nitrogens with zero attached hydrogens (tertiary/aromatic N) is 3. The second-order valence-electron chi connectivity index (χ2n) is 12.6. The van der Waals surface area contributed by atoms with Crippen LogP contribution in [0.5, 0.6) is 11.5 Å². The minimum atomic E-state index is -0.617. The maximum atomic E-state index is 16.2. The highest BCUT2D eigenvalue weighted by Gasteiger charge is 2.34. The molecule has 0 radical (unpaired) electrons. The summed E-state index contributed by atoms with van der Waals surface area (Å²) in [7, 11) is 0. The second kappa shape index (κ2) is 12.7. The van der Waals surface area contributed by atoms with Gasteiger partial charge in [0.15, 0.2) is 17.3 Å². The number of hydrogen-bond acceptors (Lipinski definition) is 6. The number of rotatable bonds is 9. The Bertz CT molecular complexity index is 1960. The van der Waals surface area contributed by atoms with Gasteiger partial charge in [-0.05, 0) is 81.6 Å². The standard InChI is InChI=1S/C36H39FN6O4/c1-3-8-28-22(2)23(19-39-28)17-31(44)40-24-11-15-42(20-24)33-27(37)18-25-32-35(33)47-30-10-5-4-9-29(30)43(32)21-26(34(25)45)36(46)38-12-16-41-13-6-7-14-41/h3-5,8-10,18-19,21,24,39H,6-7,11-17,20H2,1-2H3,(H,38,46)(H,40,44)/b8-3-. The summed E-state index contributed by atoms with van der Waals surface area (Å²) in [5, 5.41) is 6.08. The molecule has 3 N–H and O–H groups in total. The molecule has 2 aromatic heterocycles. The molecule has 4 aromatic rings. The van der Waals surface area contributed by atoms with Gasteiger partial charge in [0.2, 0.25) is 11.3 Å². The third-order valence-electron chi connectivity index (χ3n) is 9.51. The number of pyridine rings is 1. The third kappa shape index (κ3) is 5.80. The van der Waals surface area contributed by atoms with Crippen LogP contribution in [0.1, 0.15) is 53.4 Å². The van der Waals surface area contributed by atoms with Crippen molar-refractivity contribution in [2.75, 3.05) is 44.2 Å². The molecular weight excluding hydrogens is 599 g/mol. The molecule has 1 unspecified atom stereocenters. The van der Waals surface area contributed by atoms with Crippen molar-refractivity contribution in [3.8, 4) is 17.2 Å². The lowest BCUT2D eigenvalue weighted by Gasteiger charge is -2.29. The van der Waals surface area contributed by atoms with Crippen LogP contribution in [0.4, 0.5) is 10.1 Å². The Hall–Kier alpha value is -4.90. The zero-order chi connectivity index (χ0) is 32.7. The fourth-order valence-corrected chi connectivity index (χ4v) is 7.05. The van der Waals surface area contributed by atoms with Gasteiger partial charge in [-0.15, -0.1) is 0 Å². The van der Waals surface area contributed by atoms with Gasteiger partial charge in [-0.2, -0.15) is 0 Å². The normalized spacial score (nSPS) is 17.3. The van der Waals surface area contributed by atoms with E-state index in [2.05, 4.69) is 20.5 Å². The zero-order valence-corrected chi connectivity index (χ0v) is 26.7. The van der Waals surface area contributed by atoms with Crippen molar-refractivity contribution in [1.29, 1.82) is 0 Å². The molecule has 2 aromatic carbocycles. The molecule has 3 aliphatic rings. The molecule has 0 aliphatic carbocycles. The number of H-pyrrole nitrogens is 1. The molecule has 5 heterocycles. The number of likely N-dealkylation sites (tertiary alicyclic amines) is 1. The molecule has 11 heteroatoms. The van der Waals surface area contributed by atoms with E-state index >= 15 is 4.39 Å². The van der Waals surface area contributed by atoms with Crippen LogP contribution in [0.25, 0.3) is 22.7 Å². The number of benzene rings is 2. The number of amides is 2. The molecule has 2 fully saturated rings. The van der Waals surface area contributed by atoms with E-state index in [0.717, 1.165) is 42.8 Å². The van der Waals surface area contributed by atoms with Gasteiger partial charge in [0.05, 0.1) is 17.5 Å². The summed E-state index contributed by atoms with van der Waals surface area (Å²) in [5.74, 6) is -0.491. The number of ether oxygens (including phenoxy) is 1. The van der Waals surface area contributed by atoms with E-state index in [1.807, 2.05) is 55.3 Å². The lowest BCUT2D eigenvalue weighted by molar-refractivity contribution is -0.121. The van der Waals surface area contributed by atoms with Gasteiger partial charge in [-0.1, -0.05) is 18.2 Å². The minimum Gasteiger partial charge on any atom is -0.451 e. The number of carbonyl (C=O) groups is 2. The Kier molecular flexibility index (Phi) is 8.31. The van der Waals surface area contributed by atoms with Gasteiger partial charge < -0.3 is 34.7 Å². The van der Waals surface area contributed by atoms with E-state index in [1.54, 1.807) is 16.8 Å². The van der Waals surface area contributed by atoms with Crippen molar-refractivity contribution in [3.63, 3.8) is 0 Å². The average molecular weight is 639 g/mol. The predicted molar refractivity (Wildman–Crippen MR) is 180 cm³/mol. The summed E-state index contributed by atoms with van der Waals surface area (Å²) in [5.41, 5.74) is 3.64. The lowest BCUT2D eigenvalue weighted by atomic mass is 10.1. The minimum absolute atomic E-state index is 0.0480. The van der Waals surface area contributed by atoms with Gasteiger partial charge >= 0.3 is 0 Å². The van der Waals surface area contributed by atoms with Crippen LogP contribution in [0.2, 0.25) is 0 Å². The smallest absolute Gasteiger partial charge is 0.256 e. The third-order valence-corrected chi connectivity index (χ3v) is 9.51. The first-order valence-corrected chi connectivity index (χ1v) is 16.4. The van der Waals surface area contributed by atoms with Crippen molar-refractivity contribution in [1.82, 2.24) is 25.1 Å². The number of aromatic amines is 1. The molecule has 0 spiro atoms. The summed E-state index contributed by atoms with van der Waals surface area (Å²) < 4.78 is 24.3. The number of halogens is 1. The van der Waals surface area contributed by atoms with Crippen molar-refractivity contribution < 1.29 is 18.7 Å². The number of fused-ring (bicyclic) bond motifs is 2. The number of nitrogens with one attached hydrogen (secondary N) is 3. The Labute approximate surface area is 272 Å². The van der Waals surface area contributed by atoms with Crippen LogP contribution in [-0.2, 0) is 11.2 Å². The Morgan fingerprint density at radius 1 is 1.17 bits per heavy atom. The molecule has 244 valence electrons. The van der Waals surface area contributed by atoms with Crippen LogP contribution in [0.3, 0.4) is 0 Å². The molecule has 7 rings (SSSR count). The first kappa shape index (κ1) is 30.7. The fraction of sp³-hybridized carbons (Fsp3) is 0.361. The molecule has 1 atom stereocenters. The van der Waals surface area contributed by atoms with Gasteiger partial charge in [0.25, 0.3) is 5.91 Å². The summed E-state index contributed by atoms with van der Waals surface area (Å²) in [6, 6.07) is 8.32. The van der Waals surface area contributed by atoms with E-state index in [9.17, 15) is 14.4 Å². The molecule has 2 saturated heterocycles. The number of hydrogen-bond donors (Lipinski definition) is 3. The SMILES string of the molecule is C/C=C\c1[nH]cc(CC(=O)NC2CCN(c3c(F)cc4c(=O)c(C(=O)NCCN5CCCC5)cn5c4c3Oc3ccccc3-5)C2)c1C. The number of aromatic nitrogens is 2. The van der Waals surface area contributed by atoms with E-state index in [1.165, 1.54) is 6.07 Å². The van der Waals surface area contributed by atoms with Gasteiger partial charge in [0.1, 0.15) is 16.8 Å². The largest absolute Gasteiger partial charge is 0.451 e. The topological polar surface area (TPSA) is 112 Å². The lowest BCUT2D eigenvalue weighted by Crippen LogP contribution is -2.38. The number of allylic oxidation sites excluding steroid dienone is 1. The summed E-state index contributed by atoms with van der Waals surface area (Å²) >= 11 is 0. The zero-order valence-electron chi connectivity index (χ0n) is 26.7. The number of anilines is 1. The monoisotopic (exact) mass is 638 g/mol. The van der Waals surface area contributed by atoms with E-state index < -0.39 is 17.2 Å². The molecule has 10 nitrogen and oxygen atoms in total. The van der Waals surface area contributed by atoms with Gasteiger partial charge in [-0.25, -0.2) is 4.39 Å². The molecule has 2 amide bonds. The predicted octanol–water partition coefficient (Wildman–Crippen LogP) is 4.67. The molecule has 0 bridgehead atoms. The molecule has 0 saturated carbocycles. The Morgan fingerprint density at radius 3 is 2.79 bits per heavy atom. The Balaban J connectivity index is 1.16. The van der Waals surface area contributed by atoms with Gasteiger partial charge in [0, 0.05) is 50.3 Å². The van der Waals surface area contributed by atoms with Crippen LogP contribution in [-0.4, -0.2) is 71.6 Å². The highest BCUT2D eigenvalue weighted by molar-refractivity contribution is 6.01. The van der Waals surface area contributed by atoms with Crippen molar-refractivity contribution in [2.24, 2.45) is 0 Å². The van der Waals surface area contributed by atoms with Crippen LogP contribution in [0.15, 0.2) is 53.6 Å². The molecule has 47 heavy (non-hydrogen) atoms. The highest BCUT2D eigenvalue weighted by atomic mass is 19.1. The quantitative estimate of drug-likeness (QED) is 0.217. The maximum absolute atomic E-state index is 16.2. The summed E-state index contributed by atoms with van der Waals surface area (Å²) in [4.78, 5) is 47.4. The first-order chi connectivity index (χ1) is 22.8. The highest BCUT2D eigenvalue weighted by Crippen LogP contribution is 2.47. The van der Waals surface area contributed by atoms with E-state index in [4.69, 9.17) is 4.74 Å². The fourth-order valence-electron chi connectivity index (χ4n) is 7.05. The van der Waals surface area contributed by atoms with E-state index in [-0.39, 0.29) is 40.8 Å². The maximum Gasteiger partial charge on any atom is 0.256 e.